The van der Waals surface area contributed by atoms with E-state index in [1.54, 1.807) is 0 Å². The van der Waals surface area contributed by atoms with Gasteiger partial charge in [-0.25, -0.2) is 0 Å². The molecule has 3 atom stereocenters. The van der Waals surface area contributed by atoms with Crippen LogP contribution in [0.15, 0.2) is 24.3 Å². The Morgan fingerprint density at radius 1 is 1.06 bits per heavy atom. The summed E-state index contributed by atoms with van der Waals surface area (Å²) in [5.41, 5.74) is 1.33. The minimum absolute atomic E-state index is 0.0717. The van der Waals surface area contributed by atoms with Crippen molar-refractivity contribution in [1.29, 1.82) is 0 Å². The molecule has 1 N–H and O–H groups in total. The van der Waals surface area contributed by atoms with Gasteiger partial charge in [0.1, 0.15) is 0 Å². The Morgan fingerprint density at radius 3 is 2.19 bits per heavy atom. The fraction of sp³-hybridized carbons (Fsp3) is 0.538. The molecule has 0 radical (unpaired) electrons. The maximum Gasteiger partial charge on any atom is 0.0579 e. The van der Waals surface area contributed by atoms with Crippen molar-refractivity contribution in [1.82, 2.24) is 0 Å². The summed E-state index contributed by atoms with van der Waals surface area (Å²) >= 11 is 2.34. The largest absolute Gasteiger partial charge is 0.393 e. The Bertz CT molecular complexity index is 364. The van der Waals surface area contributed by atoms with Gasteiger partial charge in [0.05, 0.1) is 6.10 Å². The third-order valence-corrected chi connectivity index (χ3v) is 4.55. The normalized spacial score (nSPS) is 33.1. The maximum atomic E-state index is 9.77. The lowest BCUT2D eigenvalue weighted by molar-refractivity contribution is 0.126. The highest BCUT2D eigenvalue weighted by Crippen LogP contribution is 2.39. The maximum absolute atomic E-state index is 9.77. The zero-order valence-corrected chi connectivity index (χ0v) is 11.3. The fourth-order valence-electron chi connectivity index (χ4n) is 3.18. The van der Waals surface area contributed by atoms with E-state index < -0.39 is 0 Å². The monoisotopic (exact) mass is 329 g/mol. The number of nitrogens with zero attached hydrogens (tertiary/aromatic N) is 1. The van der Waals surface area contributed by atoms with E-state index in [1.807, 2.05) is 0 Å². The fourth-order valence-corrected chi connectivity index (χ4v) is 3.54. The number of aliphatic hydroxyl groups excluding tert-OH is 1. The molecule has 16 heavy (non-hydrogen) atoms. The van der Waals surface area contributed by atoms with Crippen LogP contribution in [0.5, 0.6) is 0 Å². The molecule has 2 bridgehead atoms. The molecule has 0 saturated carbocycles. The van der Waals surface area contributed by atoms with Gasteiger partial charge in [-0.2, -0.15) is 0 Å². The molecule has 0 spiro atoms. The average molecular weight is 329 g/mol. The summed E-state index contributed by atoms with van der Waals surface area (Å²) in [4.78, 5) is 2.53. The third kappa shape index (κ3) is 1.84. The number of halogens is 1. The van der Waals surface area contributed by atoms with Gasteiger partial charge >= 0.3 is 0 Å². The molecule has 1 aromatic carbocycles. The highest BCUT2D eigenvalue weighted by molar-refractivity contribution is 14.1. The van der Waals surface area contributed by atoms with Crippen LogP contribution in [0, 0.1) is 3.57 Å². The highest BCUT2D eigenvalue weighted by atomic mass is 127. The first kappa shape index (κ1) is 10.8. The van der Waals surface area contributed by atoms with Crippen LogP contribution in [0.1, 0.15) is 25.7 Å². The predicted molar refractivity (Wildman–Crippen MR) is 73.7 cm³/mol. The van der Waals surface area contributed by atoms with Gasteiger partial charge in [0, 0.05) is 21.3 Å². The first-order chi connectivity index (χ1) is 7.74. The van der Waals surface area contributed by atoms with Crippen molar-refractivity contribution in [3.63, 3.8) is 0 Å². The summed E-state index contributed by atoms with van der Waals surface area (Å²) in [7, 11) is 0. The smallest absolute Gasteiger partial charge is 0.0579 e. The molecule has 3 heteroatoms. The Balaban J connectivity index is 1.88. The zero-order chi connectivity index (χ0) is 11.1. The first-order valence-corrected chi connectivity index (χ1v) is 7.04. The molecule has 2 saturated heterocycles. The van der Waals surface area contributed by atoms with Gasteiger partial charge in [-0.1, -0.05) is 0 Å². The van der Waals surface area contributed by atoms with E-state index in [4.69, 9.17) is 0 Å². The van der Waals surface area contributed by atoms with Crippen molar-refractivity contribution in [2.45, 2.75) is 43.9 Å². The molecule has 2 nitrogen and oxygen atoms in total. The molecule has 0 unspecified atom stereocenters. The van der Waals surface area contributed by atoms with E-state index in [-0.39, 0.29) is 6.10 Å². The van der Waals surface area contributed by atoms with Crippen LogP contribution >= 0.6 is 22.6 Å². The second kappa shape index (κ2) is 4.18. The Morgan fingerprint density at radius 2 is 1.62 bits per heavy atom. The molecule has 0 aromatic heterocycles. The van der Waals surface area contributed by atoms with Gasteiger partial charge in [-0.15, -0.1) is 0 Å². The SMILES string of the molecule is O[C@H]1C[C@H]2CC[C@@H](C1)N2c1ccc(I)cc1. The van der Waals surface area contributed by atoms with Crippen molar-refractivity contribution in [3.8, 4) is 0 Å². The lowest BCUT2D eigenvalue weighted by Gasteiger charge is -2.39. The number of hydrogen-bond acceptors (Lipinski definition) is 2. The molecule has 86 valence electrons. The number of rotatable bonds is 1. The van der Waals surface area contributed by atoms with Crippen LogP contribution in [0.25, 0.3) is 0 Å². The van der Waals surface area contributed by atoms with Gasteiger partial charge < -0.3 is 10.0 Å². The van der Waals surface area contributed by atoms with Crippen molar-refractivity contribution in [2.75, 3.05) is 4.90 Å². The van der Waals surface area contributed by atoms with Crippen molar-refractivity contribution < 1.29 is 5.11 Å². The number of hydrogen-bond donors (Lipinski definition) is 1. The summed E-state index contributed by atoms with van der Waals surface area (Å²) in [5, 5.41) is 9.77. The van der Waals surface area contributed by atoms with E-state index in [0.717, 1.165) is 12.8 Å². The zero-order valence-electron chi connectivity index (χ0n) is 9.14. The number of anilines is 1. The standard InChI is InChI=1S/C13H16INO/c14-9-1-3-10(4-2-9)15-11-5-6-12(15)8-13(16)7-11/h1-4,11-13,16H,5-8H2/t11-,12+,13+. The second-order valence-electron chi connectivity index (χ2n) is 4.89. The van der Waals surface area contributed by atoms with E-state index in [0.29, 0.717) is 12.1 Å². The summed E-state index contributed by atoms with van der Waals surface area (Å²) in [6, 6.07) is 9.89. The first-order valence-electron chi connectivity index (χ1n) is 5.96. The minimum Gasteiger partial charge on any atom is -0.393 e. The quantitative estimate of drug-likeness (QED) is 0.801. The number of aliphatic hydroxyl groups is 1. The lowest BCUT2D eigenvalue weighted by Crippen LogP contribution is -2.44. The minimum atomic E-state index is -0.0717. The van der Waals surface area contributed by atoms with Gasteiger partial charge in [0.25, 0.3) is 0 Å². The summed E-state index contributed by atoms with van der Waals surface area (Å²) in [6.45, 7) is 0. The Hall–Kier alpha value is -0.290. The second-order valence-corrected chi connectivity index (χ2v) is 6.14. The third-order valence-electron chi connectivity index (χ3n) is 3.83. The number of piperidine rings is 1. The van der Waals surface area contributed by atoms with Crippen molar-refractivity contribution in [3.05, 3.63) is 27.8 Å². The molecule has 2 fully saturated rings. The average Bonchev–Trinajstić information content (AvgIpc) is 2.54. The van der Waals surface area contributed by atoms with Crippen LogP contribution in [0.4, 0.5) is 5.69 Å². The topological polar surface area (TPSA) is 23.5 Å². The van der Waals surface area contributed by atoms with Gasteiger partial charge in [-0.3, -0.25) is 0 Å². The van der Waals surface area contributed by atoms with Crippen LogP contribution in [0.3, 0.4) is 0 Å². The van der Waals surface area contributed by atoms with E-state index in [9.17, 15) is 5.11 Å². The van der Waals surface area contributed by atoms with E-state index in [1.165, 1.54) is 22.1 Å². The van der Waals surface area contributed by atoms with Gasteiger partial charge in [0.2, 0.25) is 0 Å². The van der Waals surface area contributed by atoms with Crippen LogP contribution in [0.2, 0.25) is 0 Å². The highest BCUT2D eigenvalue weighted by Gasteiger charge is 2.39. The van der Waals surface area contributed by atoms with E-state index in [2.05, 4.69) is 51.8 Å². The molecule has 1 aromatic rings. The Labute approximate surface area is 110 Å². The Kier molecular flexibility index (Phi) is 2.83. The van der Waals surface area contributed by atoms with Crippen molar-refractivity contribution >= 4 is 28.3 Å². The molecular formula is C13H16INO. The molecule has 2 aliphatic rings. The molecule has 0 amide bonds. The molecule has 0 aliphatic carbocycles. The van der Waals surface area contributed by atoms with Crippen LogP contribution < -0.4 is 4.90 Å². The van der Waals surface area contributed by atoms with Gasteiger partial charge in [0.15, 0.2) is 0 Å². The molecule has 2 aliphatic heterocycles. The van der Waals surface area contributed by atoms with Crippen LogP contribution in [-0.2, 0) is 0 Å². The molecule has 3 rings (SSSR count). The summed E-state index contributed by atoms with van der Waals surface area (Å²) in [5.74, 6) is 0. The molecule has 2 heterocycles. The number of benzene rings is 1. The summed E-state index contributed by atoms with van der Waals surface area (Å²) in [6.07, 6.45) is 4.31. The predicted octanol–water partition coefficient (Wildman–Crippen LogP) is 2.78. The van der Waals surface area contributed by atoms with Gasteiger partial charge in [-0.05, 0) is 72.5 Å². The summed E-state index contributed by atoms with van der Waals surface area (Å²) < 4.78 is 1.28. The molecular weight excluding hydrogens is 313 g/mol. The lowest BCUT2D eigenvalue weighted by atomic mass is 9.99. The number of fused-ring (bicyclic) bond motifs is 2. The van der Waals surface area contributed by atoms with Crippen LogP contribution in [-0.4, -0.2) is 23.3 Å². The van der Waals surface area contributed by atoms with E-state index >= 15 is 0 Å². The van der Waals surface area contributed by atoms with Crippen molar-refractivity contribution in [2.24, 2.45) is 0 Å².